The molecule has 1 amide bonds. The zero-order valence-corrected chi connectivity index (χ0v) is 12.8. The normalized spacial score (nSPS) is 20.6. The van der Waals surface area contributed by atoms with E-state index in [-0.39, 0.29) is 17.4 Å². The number of anilines is 1. The summed E-state index contributed by atoms with van der Waals surface area (Å²) in [6.45, 7) is 1.81. The molecule has 0 spiro atoms. The van der Waals surface area contributed by atoms with E-state index in [1.807, 2.05) is 6.92 Å². The fourth-order valence-electron chi connectivity index (χ4n) is 2.09. The highest BCUT2D eigenvalue weighted by Gasteiger charge is 2.33. The zero-order chi connectivity index (χ0) is 14.9. The van der Waals surface area contributed by atoms with Crippen LogP contribution in [0.4, 0.5) is 5.69 Å². The van der Waals surface area contributed by atoms with Crippen LogP contribution in [0.3, 0.4) is 0 Å². The van der Waals surface area contributed by atoms with Crippen molar-refractivity contribution in [1.29, 1.82) is 0 Å². The number of esters is 1. The lowest BCUT2D eigenvalue weighted by atomic mass is 10.1. The lowest BCUT2D eigenvalue weighted by Gasteiger charge is -2.09. The van der Waals surface area contributed by atoms with Crippen LogP contribution in [0.1, 0.15) is 21.0 Å². The van der Waals surface area contributed by atoms with Gasteiger partial charge in [-0.1, -0.05) is 0 Å². The zero-order valence-electron chi connectivity index (χ0n) is 11.1. The van der Waals surface area contributed by atoms with Crippen molar-refractivity contribution in [3.63, 3.8) is 0 Å². The molecule has 20 heavy (non-hydrogen) atoms. The molecule has 0 bridgehead atoms. The van der Waals surface area contributed by atoms with E-state index in [0.717, 1.165) is 4.88 Å². The standard InChI is InChI=1S/C12H15NO5S2/c1-7-5-9(10(19-7)12(15)18-2)13-11(14)8-3-4-20(16,17)6-8/h5,8H,3-4,6H2,1-2H3,(H,13,14). The van der Waals surface area contributed by atoms with Crippen LogP contribution in [-0.4, -0.2) is 38.9 Å². The van der Waals surface area contributed by atoms with Gasteiger partial charge in [0.2, 0.25) is 5.91 Å². The molecule has 1 saturated heterocycles. The molecule has 1 aromatic rings. The number of sulfone groups is 1. The Labute approximate surface area is 121 Å². The number of hydrogen-bond donors (Lipinski definition) is 1. The monoisotopic (exact) mass is 317 g/mol. The fraction of sp³-hybridized carbons (Fsp3) is 0.500. The number of amides is 1. The van der Waals surface area contributed by atoms with E-state index >= 15 is 0 Å². The Bertz CT molecular complexity index is 647. The van der Waals surface area contributed by atoms with E-state index in [1.54, 1.807) is 6.07 Å². The molecule has 1 unspecified atom stereocenters. The van der Waals surface area contributed by atoms with E-state index in [2.05, 4.69) is 10.1 Å². The smallest absolute Gasteiger partial charge is 0.350 e. The van der Waals surface area contributed by atoms with Crippen LogP contribution in [-0.2, 0) is 19.4 Å². The number of rotatable bonds is 3. The first-order valence-electron chi connectivity index (χ1n) is 6.02. The van der Waals surface area contributed by atoms with Crippen LogP contribution < -0.4 is 5.32 Å². The summed E-state index contributed by atoms with van der Waals surface area (Å²) in [6.07, 6.45) is 0.324. The molecular weight excluding hydrogens is 302 g/mol. The second kappa shape index (κ2) is 5.53. The predicted molar refractivity (Wildman–Crippen MR) is 75.8 cm³/mol. The van der Waals surface area contributed by atoms with E-state index in [0.29, 0.717) is 17.0 Å². The Kier molecular flexibility index (Phi) is 4.14. The largest absolute Gasteiger partial charge is 0.465 e. The number of carbonyl (C=O) groups excluding carboxylic acids is 2. The number of nitrogens with one attached hydrogen (secondary N) is 1. The summed E-state index contributed by atoms with van der Waals surface area (Å²) >= 11 is 1.22. The maximum Gasteiger partial charge on any atom is 0.350 e. The first kappa shape index (κ1) is 15.0. The quantitative estimate of drug-likeness (QED) is 0.847. The molecule has 1 N–H and O–H groups in total. The molecule has 0 radical (unpaired) electrons. The van der Waals surface area contributed by atoms with Crippen LogP contribution in [0.2, 0.25) is 0 Å². The molecule has 0 saturated carbocycles. The Morgan fingerprint density at radius 2 is 2.15 bits per heavy atom. The van der Waals surface area contributed by atoms with Crippen LogP contribution in [0, 0.1) is 12.8 Å². The van der Waals surface area contributed by atoms with Gasteiger partial charge in [-0.25, -0.2) is 13.2 Å². The van der Waals surface area contributed by atoms with Crippen molar-refractivity contribution in [2.75, 3.05) is 23.9 Å². The summed E-state index contributed by atoms with van der Waals surface area (Å²) in [5.74, 6) is -1.52. The van der Waals surface area contributed by atoms with Crippen LogP contribution in [0.5, 0.6) is 0 Å². The van der Waals surface area contributed by atoms with E-state index in [1.165, 1.54) is 18.4 Å². The predicted octanol–water partition coefficient (Wildman–Crippen LogP) is 1.22. The summed E-state index contributed by atoms with van der Waals surface area (Å²) in [5.41, 5.74) is 0.383. The SMILES string of the molecule is COC(=O)c1sc(C)cc1NC(=O)C1CCS(=O)(=O)C1. The maximum atomic E-state index is 12.1. The van der Waals surface area contributed by atoms with Gasteiger partial charge in [-0.05, 0) is 19.4 Å². The molecule has 1 aliphatic heterocycles. The van der Waals surface area contributed by atoms with Gasteiger partial charge >= 0.3 is 5.97 Å². The Morgan fingerprint density at radius 3 is 2.70 bits per heavy atom. The highest BCUT2D eigenvalue weighted by Crippen LogP contribution is 2.29. The van der Waals surface area contributed by atoms with Crippen LogP contribution >= 0.6 is 11.3 Å². The van der Waals surface area contributed by atoms with Crippen molar-refractivity contribution in [2.24, 2.45) is 5.92 Å². The molecule has 1 fully saturated rings. The summed E-state index contributed by atoms with van der Waals surface area (Å²) in [7, 11) is -1.84. The van der Waals surface area contributed by atoms with Gasteiger partial charge < -0.3 is 10.1 Å². The van der Waals surface area contributed by atoms with E-state index in [4.69, 9.17) is 0 Å². The first-order chi connectivity index (χ1) is 9.32. The molecule has 2 heterocycles. The number of aryl methyl sites for hydroxylation is 1. The molecule has 1 atom stereocenters. The number of ether oxygens (including phenoxy) is 1. The highest BCUT2D eigenvalue weighted by atomic mass is 32.2. The first-order valence-corrected chi connectivity index (χ1v) is 8.66. The van der Waals surface area contributed by atoms with Crippen molar-refractivity contribution in [3.05, 3.63) is 15.8 Å². The van der Waals surface area contributed by atoms with Gasteiger partial charge in [0.1, 0.15) is 4.88 Å². The van der Waals surface area contributed by atoms with Gasteiger partial charge in [0, 0.05) is 4.88 Å². The number of thiophene rings is 1. The average Bonchev–Trinajstić information content (AvgIpc) is 2.91. The van der Waals surface area contributed by atoms with E-state index in [9.17, 15) is 18.0 Å². The van der Waals surface area contributed by atoms with Gasteiger partial charge in [-0.2, -0.15) is 0 Å². The van der Waals surface area contributed by atoms with Gasteiger partial charge in [-0.3, -0.25) is 4.79 Å². The van der Waals surface area contributed by atoms with Gasteiger partial charge in [0.05, 0.1) is 30.2 Å². The molecular formula is C12H15NO5S2. The molecule has 1 aliphatic rings. The molecule has 8 heteroatoms. The highest BCUT2D eigenvalue weighted by molar-refractivity contribution is 7.91. The topological polar surface area (TPSA) is 89.5 Å². The van der Waals surface area contributed by atoms with E-state index < -0.39 is 21.7 Å². The minimum absolute atomic E-state index is 0.0393. The third-order valence-electron chi connectivity index (χ3n) is 3.09. The molecule has 6 nitrogen and oxygen atoms in total. The summed E-state index contributed by atoms with van der Waals surface area (Å²) in [4.78, 5) is 24.8. The fourth-order valence-corrected chi connectivity index (χ4v) is 4.71. The lowest BCUT2D eigenvalue weighted by molar-refractivity contribution is -0.119. The van der Waals surface area contributed by atoms with Crippen molar-refractivity contribution in [2.45, 2.75) is 13.3 Å². The molecule has 0 aliphatic carbocycles. The summed E-state index contributed by atoms with van der Waals surface area (Å²) in [5, 5.41) is 2.63. The second-order valence-electron chi connectivity index (χ2n) is 4.68. The summed E-state index contributed by atoms with van der Waals surface area (Å²) < 4.78 is 27.4. The van der Waals surface area contributed by atoms with Crippen LogP contribution in [0.15, 0.2) is 6.07 Å². The molecule has 1 aromatic heterocycles. The Hall–Kier alpha value is -1.41. The number of carbonyl (C=O) groups is 2. The molecule has 0 aromatic carbocycles. The Balaban J connectivity index is 2.14. The number of methoxy groups -OCH3 is 1. The van der Waals surface area contributed by atoms with Gasteiger partial charge in [-0.15, -0.1) is 11.3 Å². The minimum atomic E-state index is -3.11. The Morgan fingerprint density at radius 1 is 1.45 bits per heavy atom. The van der Waals surface area contributed by atoms with Crippen molar-refractivity contribution < 1.29 is 22.7 Å². The number of hydrogen-bond acceptors (Lipinski definition) is 6. The third-order valence-corrected chi connectivity index (χ3v) is 5.89. The van der Waals surface area contributed by atoms with Crippen LogP contribution in [0.25, 0.3) is 0 Å². The van der Waals surface area contributed by atoms with Gasteiger partial charge in [0.15, 0.2) is 9.84 Å². The van der Waals surface area contributed by atoms with Crippen molar-refractivity contribution in [1.82, 2.24) is 0 Å². The van der Waals surface area contributed by atoms with Crippen molar-refractivity contribution in [3.8, 4) is 0 Å². The minimum Gasteiger partial charge on any atom is -0.465 e. The molecule has 110 valence electrons. The molecule has 2 rings (SSSR count). The van der Waals surface area contributed by atoms with Gasteiger partial charge in [0.25, 0.3) is 0 Å². The summed E-state index contributed by atoms with van der Waals surface area (Å²) in [6, 6.07) is 1.68. The maximum absolute atomic E-state index is 12.1. The lowest BCUT2D eigenvalue weighted by Crippen LogP contribution is -2.24. The third kappa shape index (κ3) is 3.18. The average molecular weight is 317 g/mol. The van der Waals surface area contributed by atoms with Crippen molar-refractivity contribution >= 4 is 38.7 Å². The second-order valence-corrected chi connectivity index (χ2v) is 8.17.